The molecule has 3 rings (SSSR count). The van der Waals surface area contributed by atoms with Gasteiger partial charge in [0.1, 0.15) is 0 Å². The van der Waals surface area contributed by atoms with Gasteiger partial charge in [0, 0.05) is 37.9 Å². The van der Waals surface area contributed by atoms with Gasteiger partial charge in [0.25, 0.3) is 0 Å². The summed E-state index contributed by atoms with van der Waals surface area (Å²) in [5.74, 6) is 0.561. The van der Waals surface area contributed by atoms with Crippen LogP contribution in [0, 0.1) is 20.8 Å². The van der Waals surface area contributed by atoms with Gasteiger partial charge in [-0.3, -0.25) is 4.90 Å². The van der Waals surface area contributed by atoms with Gasteiger partial charge in [-0.2, -0.15) is 0 Å². The number of urea groups is 1. The molecule has 1 aromatic rings. The molecule has 2 fully saturated rings. The summed E-state index contributed by atoms with van der Waals surface area (Å²) in [4.78, 5) is 16.6. The van der Waals surface area contributed by atoms with Gasteiger partial charge in [0.05, 0.1) is 11.5 Å². The lowest BCUT2D eigenvalue weighted by Gasteiger charge is -2.37. The molecule has 2 aliphatic heterocycles. The number of anilines is 1. The van der Waals surface area contributed by atoms with Crippen LogP contribution in [0.15, 0.2) is 12.1 Å². The lowest BCUT2D eigenvalue weighted by molar-refractivity contribution is 0.121. The summed E-state index contributed by atoms with van der Waals surface area (Å²) in [6, 6.07) is 4.19. The number of aryl methyl sites for hydroxylation is 3. The van der Waals surface area contributed by atoms with Gasteiger partial charge in [-0.15, -0.1) is 0 Å². The van der Waals surface area contributed by atoms with E-state index in [0.717, 1.165) is 36.3 Å². The van der Waals surface area contributed by atoms with Crippen molar-refractivity contribution in [2.24, 2.45) is 0 Å². The van der Waals surface area contributed by atoms with Crippen molar-refractivity contribution in [1.82, 2.24) is 9.80 Å². The largest absolute Gasteiger partial charge is 0.322 e. The molecule has 2 amide bonds. The lowest BCUT2D eigenvalue weighted by atomic mass is 10.1. The molecule has 2 saturated heterocycles. The Bertz CT molecular complexity index is 745. The predicted octanol–water partition coefficient (Wildman–Crippen LogP) is 1.95. The molecule has 0 aromatic heterocycles. The highest BCUT2D eigenvalue weighted by Gasteiger charge is 2.34. The third-order valence-electron chi connectivity index (χ3n) is 5.24. The van der Waals surface area contributed by atoms with Gasteiger partial charge in [-0.25, -0.2) is 13.2 Å². The van der Waals surface area contributed by atoms with Crippen molar-refractivity contribution < 1.29 is 13.2 Å². The fourth-order valence-electron chi connectivity index (χ4n) is 3.92. The molecule has 1 unspecified atom stereocenters. The van der Waals surface area contributed by atoms with Crippen LogP contribution >= 0.6 is 0 Å². The minimum absolute atomic E-state index is 0.0752. The summed E-state index contributed by atoms with van der Waals surface area (Å²) >= 11 is 0. The van der Waals surface area contributed by atoms with Crippen molar-refractivity contribution >= 4 is 21.6 Å². The molecule has 0 radical (unpaired) electrons. The van der Waals surface area contributed by atoms with Crippen LogP contribution in [-0.4, -0.2) is 68.0 Å². The number of hydrogen-bond acceptors (Lipinski definition) is 4. The van der Waals surface area contributed by atoms with Crippen LogP contribution in [0.5, 0.6) is 0 Å². The molecule has 138 valence electrons. The monoisotopic (exact) mass is 365 g/mol. The number of benzene rings is 1. The fourth-order valence-corrected chi connectivity index (χ4v) is 5.68. The number of carbonyl (C=O) groups is 1. The van der Waals surface area contributed by atoms with E-state index in [0.29, 0.717) is 18.8 Å². The number of sulfone groups is 1. The average molecular weight is 365 g/mol. The third kappa shape index (κ3) is 4.15. The number of carbonyl (C=O) groups excluding carboxylic acids is 1. The van der Waals surface area contributed by atoms with Gasteiger partial charge in [-0.05, 0) is 38.3 Å². The van der Waals surface area contributed by atoms with E-state index in [9.17, 15) is 13.2 Å². The first-order valence-corrected chi connectivity index (χ1v) is 10.7. The van der Waals surface area contributed by atoms with E-state index in [1.165, 1.54) is 5.56 Å². The molecular formula is C18H27N3O3S. The molecular weight excluding hydrogens is 338 g/mol. The zero-order valence-electron chi connectivity index (χ0n) is 15.2. The van der Waals surface area contributed by atoms with Crippen molar-refractivity contribution in [1.29, 1.82) is 0 Å². The highest BCUT2D eigenvalue weighted by Crippen LogP contribution is 2.23. The van der Waals surface area contributed by atoms with Gasteiger partial charge in [-0.1, -0.05) is 17.7 Å². The highest BCUT2D eigenvalue weighted by molar-refractivity contribution is 7.91. The van der Waals surface area contributed by atoms with Crippen LogP contribution in [0.25, 0.3) is 0 Å². The van der Waals surface area contributed by atoms with Crippen LogP contribution in [0.3, 0.4) is 0 Å². The quantitative estimate of drug-likeness (QED) is 0.870. The molecule has 2 heterocycles. The highest BCUT2D eigenvalue weighted by atomic mass is 32.2. The SMILES string of the molecule is Cc1cc(C)c(NC(=O)N2CCN(C3CCS(=O)(=O)C3)CC2)c(C)c1. The molecule has 1 aromatic carbocycles. The second-order valence-corrected chi connectivity index (χ2v) is 9.51. The first kappa shape index (κ1) is 18.2. The molecule has 0 bridgehead atoms. The van der Waals surface area contributed by atoms with Gasteiger partial charge < -0.3 is 10.2 Å². The normalized spacial score (nSPS) is 23.6. The van der Waals surface area contributed by atoms with E-state index in [4.69, 9.17) is 0 Å². The minimum Gasteiger partial charge on any atom is -0.322 e. The van der Waals surface area contributed by atoms with E-state index in [1.54, 1.807) is 0 Å². The summed E-state index contributed by atoms with van der Waals surface area (Å²) in [6.07, 6.45) is 0.719. The molecule has 0 aliphatic carbocycles. The van der Waals surface area contributed by atoms with Crippen molar-refractivity contribution in [3.63, 3.8) is 0 Å². The summed E-state index contributed by atoms with van der Waals surface area (Å²) in [5.41, 5.74) is 4.22. The van der Waals surface area contributed by atoms with Gasteiger partial charge >= 0.3 is 6.03 Å². The summed E-state index contributed by atoms with van der Waals surface area (Å²) in [6.45, 7) is 8.80. The first-order valence-electron chi connectivity index (χ1n) is 8.83. The zero-order valence-corrected chi connectivity index (χ0v) is 16.0. The third-order valence-corrected chi connectivity index (χ3v) is 6.99. The van der Waals surface area contributed by atoms with Crippen LogP contribution in [0.2, 0.25) is 0 Å². The van der Waals surface area contributed by atoms with Crippen molar-refractivity contribution in [3.8, 4) is 0 Å². The predicted molar refractivity (Wildman–Crippen MR) is 99.9 cm³/mol. The Balaban J connectivity index is 1.57. The summed E-state index contributed by atoms with van der Waals surface area (Å²) in [5, 5.41) is 3.05. The van der Waals surface area contributed by atoms with Crippen LogP contribution in [-0.2, 0) is 9.84 Å². The second kappa shape index (κ2) is 6.96. The molecule has 7 heteroatoms. The second-order valence-electron chi connectivity index (χ2n) is 7.28. The van der Waals surface area contributed by atoms with Crippen LogP contribution in [0.1, 0.15) is 23.1 Å². The van der Waals surface area contributed by atoms with E-state index in [1.807, 2.05) is 25.7 Å². The molecule has 0 spiro atoms. The Kier molecular flexibility index (Phi) is 5.06. The van der Waals surface area contributed by atoms with Crippen molar-refractivity contribution in [2.45, 2.75) is 33.2 Å². The Morgan fingerprint density at radius 2 is 1.68 bits per heavy atom. The van der Waals surface area contributed by atoms with E-state index in [-0.39, 0.29) is 17.8 Å². The maximum Gasteiger partial charge on any atom is 0.321 e. The number of hydrogen-bond donors (Lipinski definition) is 1. The molecule has 1 N–H and O–H groups in total. The molecule has 6 nitrogen and oxygen atoms in total. The average Bonchev–Trinajstić information content (AvgIpc) is 2.91. The van der Waals surface area contributed by atoms with E-state index >= 15 is 0 Å². The van der Waals surface area contributed by atoms with Gasteiger partial charge in [0.15, 0.2) is 9.84 Å². The van der Waals surface area contributed by atoms with E-state index < -0.39 is 9.84 Å². The van der Waals surface area contributed by atoms with E-state index in [2.05, 4.69) is 22.3 Å². The summed E-state index contributed by atoms with van der Waals surface area (Å²) in [7, 11) is -2.86. The maximum atomic E-state index is 12.6. The first-order chi connectivity index (χ1) is 11.7. The standard InChI is InChI=1S/C18H27N3O3S/c1-13-10-14(2)17(15(3)11-13)19-18(22)21-7-5-20(6-8-21)16-4-9-25(23,24)12-16/h10-11,16H,4-9,12H2,1-3H3,(H,19,22). The Morgan fingerprint density at radius 3 is 2.20 bits per heavy atom. The zero-order chi connectivity index (χ0) is 18.2. The van der Waals surface area contributed by atoms with Gasteiger partial charge in [0.2, 0.25) is 0 Å². The number of piperazine rings is 1. The lowest BCUT2D eigenvalue weighted by Crippen LogP contribution is -2.53. The summed E-state index contributed by atoms with van der Waals surface area (Å²) < 4.78 is 23.3. The number of nitrogens with one attached hydrogen (secondary N) is 1. The Morgan fingerprint density at radius 1 is 1.08 bits per heavy atom. The number of amides is 2. The number of rotatable bonds is 2. The molecule has 2 aliphatic rings. The fraction of sp³-hybridized carbons (Fsp3) is 0.611. The number of nitrogens with zero attached hydrogens (tertiary/aromatic N) is 2. The maximum absolute atomic E-state index is 12.6. The van der Waals surface area contributed by atoms with Crippen molar-refractivity contribution in [2.75, 3.05) is 43.0 Å². The Hall–Kier alpha value is -1.60. The van der Waals surface area contributed by atoms with Crippen LogP contribution < -0.4 is 5.32 Å². The topological polar surface area (TPSA) is 69.7 Å². The molecule has 25 heavy (non-hydrogen) atoms. The minimum atomic E-state index is -2.86. The smallest absolute Gasteiger partial charge is 0.321 e. The Labute approximate surface area is 150 Å². The molecule has 1 atom stereocenters. The molecule has 0 saturated carbocycles. The van der Waals surface area contributed by atoms with Crippen molar-refractivity contribution in [3.05, 3.63) is 28.8 Å². The van der Waals surface area contributed by atoms with Crippen LogP contribution in [0.4, 0.5) is 10.5 Å².